The van der Waals surface area contributed by atoms with Gasteiger partial charge in [-0.05, 0) is 24.3 Å². The van der Waals surface area contributed by atoms with Crippen LogP contribution in [0.3, 0.4) is 0 Å². The topological polar surface area (TPSA) is 59.8 Å². The molecule has 140 valence electrons. The monoisotopic (exact) mass is 350 g/mol. The van der Waals surface area contributed by atoms with Crippen molar-refractivity contribution < 1.29 is 14.3 Å². The first-order chi connectivity index (χ1) is 12.1. The molecule has 2 aliphatic rings. The van der Waals surface area contributed by atoms with Crippen molar-refractivity contribution in [2.45, 2.75) is 12.8 Å². The van der Waals surface area contributed by atoms with E-state index >= 15 is 0 Å². The fourth-order valence-corrected chi connectivity index (χ4v) is 4.38. The molecule has 1 aromatic heterocycles. The summed E-state index contributed by atoms with van der Waals surface area (Å²) in [6.07, 6.45) is 3.88. The zero-order valence-corrected chi connectivity index (χ0v) is 15.6. The van der Waals surface area contributed by atoms with Gasteiger partial charge in [-0.15, -0.1) is 0 Å². The molecule has 7 heteroatoms. The van der Waals surface area contributed by atoms with Crippen molar-refractivity contribution in [1.82, 2.24) is 19.6 Å². The van der Waals surface area contributed by atoms with E-state index < -0.39 is 0 Å². The summed E-state index contributed by atoms with van der Waals surface area (Å²) in [6, 6.07) is 1.79. The molecule has 1 atom stereocenters. The first-order valence-corrected chi connectivity index (χ1v) is 9.07. The van der Waals surface area contributed by atoms with Gasteiger partial charge in [0.25, 0.3) is 5.91 Å². The Morgan fingerprint density at radius 3 is 2.68 bits per heavy atom. The van der Waals surface area contributed by atoms with E-state index in [0.29, 0.717) is 11.6 Å². The van der Waals surface area contributed by atoms with Crippen molar-refractivity contribution in [3.8, 4) is 0 Å². The Balaban J connectivity index is 1.63. The molecule has 2 saturated heterocycles. The van der Waals surface area contributed by atoms with Gasteiger partial charge >= 0.3 is 0 Å². The number of methoxy groups -OCH3 is 2. The molecule has 1 aromatic rings. The molecule has 3 rings (SSSR count). The lowest BCUT2D eigenvalue weighted by atomic mass is 9.71. The van der Waals surface area contributed by atoms with E-state index in [1.807, 2.05) is 18.1 Å². The fourth-order valence-electron chi connectivity index (χ4n) is 4.38. The van der Waals surface area contributed by atoms with Crippen molar-refractivity contribution in [3.63, 3.8) is 0 Å². The molecule has 0 N–H and O–H groups in total. The summed E-state index contributed by atoms with van der Waals surface area (Å²) < 4.78 is 12.4. The third-order valence-electron chi connectivity index (χ3n) is 5.84. The Morgan fingerprint density at radius 2 is 2.08 bits per heavy atom. The Labute approximate surface area is 149 Å². The Hall–Kier alpha value is -1.44. The molecule has 0 bridgehead atoms. The summed E-state index contributed by atoms with van der Waals surface area (Å²) in [7, 11) is 5.37. The number of hydrogen-bond donors (Lipinski definition) is 0. The van der Waals surface area contributed by atoms with Crippen molar-refractivity contribution >= 4 is 5.91 Å². The second kappa shape index (κ2) is 7.85. The van der Waals surface area contributed by atoms with Crippen molar-refractivity contribution in [2.24, 2.45) is 18.4 Å². The number of likely N-dealkylation sites (tertiary alicyclic amines) is 2. The van der Waals surface area contributed by atoms with E-state index in [4.69, 9.17) is 9.47 Å². The van der Waals surface area contributed by atoms with E-state index in [1.165, 1.54) is 0 Å². The normalized spacial score (nSPS) is 23.5. The van der Waals surface area contributed by atoms with Crippen LogP contribution in [0.4, 0.5) is 0 Å². The number of hydrogen-bond acceptors (Lipinski definition) is 5. The van der Waals surface area contributed by atoms with Gasteiger partial charge in [-0.1, -0.05) is 0 Å². The average molecular weight is 350 g/mol. The second-order valence-corrected chi connectivity index (χ2v) is 7.41. The molecule has 0 aliphatic carbocycles. The minimum Gasteiger partial charge on any atom is -0.384 e. The number of aromatic nitrogens is 2. The Kier molecular flexibility index (Phi) is 5.76. The number of carbonyl (C=O) groups is 1. The molecular formula is C18H30N4O3. The number of piperidine rings is 1. The highest BCUT2D eigenvalue weighted by Crippen LogP contribution is 2.44. The van der Waals surface area contributed by atoms with Crippen LogP contribution in [-0.2, 0) is 16.5 Å². The SMILES string of the molecule is COCCN1C[C@@H](COC)C2(CCN(C(=O)c3ccn(C)n3)CC2)C1. The summed E-state index contributed by atoms with van der Waals surface area (Å²) in [5, 5.41) is 4.25. The maximum atomic E-state index is 12.6. The van der Waals surface area contributed by atoms with Crippen LogP contribution >= 0.6 is 0 Å². The van der Waals surface area contributed by atoms with Crippen LogP contribution in [0.15, 0.2) is 12.3 Å². The number of nitrogens with zero attached hydrogens (tertiary/aromatic N) is 4. The van der Waals surface area contributed by atoms with Crippen LogP contribution in [0.1, 0.15) is 23.3 Å². The zero-order chi connectivity index (χ0) is 17.9. The van der Waals surface area contributed by atoms with Gasteiger partial charge in [-0.2, -0.15) is 5.10 Å². The van der Waals surface area contributed by atoms with Crippen LogP contribution in [0.5, 0.6) is 0 Å². The van der Waals surface area contributed by atoms with Crippen LogP contribution in [0.25, 0.3) is 0 Å². The van der Waals surface area contributed by atoms with E-state index in [9.17, 15) is 4.79 Å². The van der Waals surface area contributed by atoms with Gasteiger partial charge in [-0.25, -0.2) is 0 Å². The molecule has 1 spiro atoms. The molecule has 2 fully saturated rings. The maximum Gasteiger partial charge on any atom is 0.274 e. The summed E-state index contributed by atoms with van der Waals surface area (Å²) >= 11 is 0. The summed E-state index contributed by atoms with van der Waals surface area (Å²) in [5.41, 5.74) is 0.796. The Morgan fingerprint density at radius 1 is 1.32 bits per heavy atom. The number of amides is 1. The average Bonchev–Trinajstić information content (AvgIpc) is 3.18. The molecule has 0 radical (unpaired) electrons. The minimum absolute atomic E-state index is 0.0491. The molecule has 7 nitrogen and oxygen atoms in total. The third kappa shape index (κ3) is 3.88. The fraction of sp³-hybridized carbons (Fsp3) is 0.778. The Bertz CT molecular complexity index is 581. The van der Waals surface area contributed by atoms with Gasteiger partial charge in [0.05, 0.1) is 13.2 Å². The minimum atomic E-state index is 0.0491. The molecule has 3 heterocycles. The summed E-state index contributed by atoms with van der Waals surface area (Å²) in [6.45, 7) is 6.26. The first kappa shape index (κ1) is 18.4. The summed E-state index contributed by atoms with van der Waals surface area (Å²) in [5.74, 6) is 0.578. The van der Waals surface area contributed by atoms with Crippen LogP contribution in [0, 0.1) is 11.3 Å². The van der Waals surface area contributed by atoms with Gasteiger partial charge in [0.1, 0.15) is 5.69 Å². The number of carbonyl (C=O) groups excluding carboxylic acids is 1. The maximum absolute atomic E-state index is 12.6. The number of aryl methyl sites for hydroxylation is 1. The predicted octanol–water partition coefficient (Wildman–Crippen LogP) is 0.867. The zero-order valence-electron chi connectivity index (χ0n) is 15.6. The lowest BCUT2D eigenvalue weighted by Gasteiger charge is -2.42. The van der Waals surface area contributed by atoms with E-state index in [0.717, 1.165) is 58.8 Å². The largest absolute Gasteiger partial charge is 0.384 e. The second-order valence-electron chi connectivity index (χ2n) is 7.41. The predicted molar refractivity (Wildman–Crippen MR) is 94.5 cm³/mol. The van der Waals surface area contributed by atoms with Crippen molar-refractivity contribution in [1.29, 1.82) is 0 Å². The van der Waals surface area contributed by atoms with E-state index in [1.54, 1.807) is 25.0 Å². The van der Waals surface area contributed by atoms with Gasteiger partial charge in [0.2, 0.25) is 0 Å². The highest BCUT2D eigenvalue weighted by atomic mass is 16.5. The van der Waals surface area contributed by atoms with Crippen LogP contribution in [-0.4, -0.2) is 85.6 Å². The molecule has 1 amide bonds. The molecule has 0 saturated carbocycles. The van der Waals surface area contributed by atoms with Crippen molar-refractivity contribution in [2.75, 3.05) is 60.2 Å². The highest BCUT2D eigenvalue weighted by molar-refractivity contribution is 5.92. The van der Waals surface area contributed by atoms with Gasteiger partial charge in [0, 0.05) is 66.1 Å². The van der Waals surface area contributed by atoms with Gasteiger partial charge < -0.3 is 19.3 Å². The number of ether oxygens (including phenoxy) is 2. The lowest BCUT2D eigenvalue weighted by Crippen LogP contribution is -2.47. The summed E-state index contributed by atoms with van der Waals surface area (Å²) in [4.78, 5) is 17.1. The molecule has 2 aliphatic heterocycles. The lowest BCUT2D eigenvalue weighted by molar-refractivity contribution is 0.0317. The molecular weight excluding hydrogens is 320 g/mol. The highest BCUT2D eigenvalue weighted by Gasteiger charge is 2.48. The van der Waals surface area contributed by atoms with Crippen LogP contribution < -0.4 is 0 Å². The van der Waals surface area contributed by atoms with Crippen LogP contribution in [0.2, 0.25) is 0 Å². The van der Waals surface area contributed by atoms with E-state index in [2.05, 4.69) is 10.00 Å². The molecule has 0 aromatic carbocycles. The molecule has 0 unspecified atom stereocenters. The first-order valence-electron chi connectivity index (χ1n) is 9.07. The molecule has 25 heavy (non-hydrogen) atoms. The third-order valence-corrected chi connectivity index (χ3v) is 5.84. The van der Waals surface area contributed by atoms with Crippen molar-refractivity contribution in [3.05, 3.63) is 18.0 Å². The number of rotatable bonds is 6. The van der Waals surface area contributed by atoms with Gasteiger partial charge in [0.15, 0.2) is 0 Å². The van der Waals surface area contributed by atoms with Gasteiger partial charge in [-0.3, -0.25) is 9.48 Å². The standard InChI is InChI=1S/C18H30N4O3/c1-20-7-4-16(19-20)17(23)22-8-5-18(6-9-22)14-21(10-11-24-2)12-15(18)13-25-3/h4,7,15H,5-6,8-14H2,1-3H3/t15-/m0/s1. The quantitative estimate of drug-likeness (QED) is 0.762. The van der Waals surface area contributed by atoms with E-state index in [-0.39, 0.29) is 11.3 Å². The smallest absolute Gasteiger partial charge is 0.274 e.